The highest BCUT2D eigenvalue weighted by atomic mass is 32.2. The molecule has 1 amide bonds. The number of primary amides is 1. The molecule has 2 N–H and O–H groups in total. The van der Waals surface area contributed by atoms with Crippen molar-refractivity contribution in [1.29, 1.82) is 0 Å². The van der Waals surface area contributed by atoms with Gasteiger partial charge in [0.25, 0.3) is 5.91 Å². The van der Waals surface area contributed by atoms with E-state index in [4.69, 9.17) is 5.73 Å². The Balaban J connectivity index is 1.81. The molecule has 1 heterocycles. The molecule has 1 aliphatic heterocycles. The number of thioether (sulfide) groups is 2. The first-order valence-corrected chi connectivity index (χ1v) is 9.22. The van der Waals surface area contributed by atoms with E-state index in [9.17, 15) is 9.59 Å². The van der Waals surface area contributed by atoms with Gasteiger partial charge in [0, 0.05) is 17.4 Å². The maximum absolute atomic E-state index is 12.8. The molecule has 3 nitrogen and oxygen atoms in total. The minimum absolute atomic E-state index is 0.105. The van der Waals surface area contributed by atoms with Crippen LogP contribution in [0.15, 0.2) is 60.7 Å². The second kappa shape index (κ2) is 6.81. The van der Waals surface area contributed by atoms with E-state index in [-0.39, 0.29) is 17.5 Å². The van der Waals surface area contributed by atoms with Crippen molar-refractivity contribution < 1.29 is 9.59 Å². The lowest BCUT2D eigenvalue weighted by molar-refractivity contribution is -0.126. The standard InChI is InChI=1S/C18H17NO2S2/c19-17(21)18(16(20)11-13-7-3-1-4-8-13)22-12-15(23-18)14-9-5-2-6-10-14/h1-10,15H,11-12H2,(H2,19,21)/t15?,18-/m0/s1. The van der Waals surface area contributed by atoms with Gasteiger partial charge >= 0.3 is 0 Å². The molecular weight excluding hydrogens is 326 g/mol. The average Bonchev–Trinajstić information content (AvgIpc) is 3.03. The summed E-state index contributed by atoms with van der Waals surface area (Å²) in [6, 6.07) is 19.4. The van der Waals surface area contributed by atoms with E-state index in [2.05, 4.69) is 0 Å². The van der Waals surface area contributed by atoms with Gasteiger partial charge in [-0.1, -0.05) is 60.7 Å². The van der Waals surface area contributed by atoms with Crippen LogP contribution in [-0.4, -0.2) is 21.5 Å². The van der Waals surface area contributed by atoms with Gasteiger partial charge in [0.05, 0.1) is 0 Å². The summed E-state index contributed by atoms with van der Waals surface area (Å²) in [5.74, 6) is 0.0366. The number of hydrogen-bond acceptors (Lipinski definition) is 4. The lowest BCUT2D eigenvalue weighted by Gasteiger charge is -2.22. The third kappa shape index (κ3) is 3.31. The fourth-order valence-electron chi connectivity index (χ4n) is 2.60. The maximum atomic E-state index is 12.8. The molecule has 0 saturated carbocycles. The zero-order valence-electron chi connectivity index (χ0n) is 12.5. The van der Waals surface area contributed by atoms with Crippen molar-refractivity contribution in [3.8, 4) is 0 Å². The first-order chi connectivity index (χ1) is 11.1. The van der Waals surface area contributed by atoms with E-state index in [0.717, 1.165) is 11.1 Å². The van der Waals surface area contributed by atoms with Crippen molar-refractivity contribution in [2.24, 2.45) is 5.73 Å². The van der Waals surface area contributed by atoms with Crippen LogP contribution >= 0.6 is 23.5 Å². The van der Waals surface area contributed by atoms with Crippen LogP contribution in [0.25, 0.3) is 0 Å². The summed E-state index contributed by atoms with van der Waals surface area (Å²) in [7, 11) is 0. The number of carbonyl (C=O) groups excluding carboxylic acids is 2. The maximum Gasteiger partial charge on any atom is 0.251 e. The van der Waals surface area contributed by atoms with Crippen LogP contribution in [0.5, 0.6) is 0 Å². The van der Waals surface area contributed by atoms with Crippen LogP contribution in [0.3, 0.4) is 0 Å². The Bertz CT molecular complexity index is 705. The molecule has 2 aromatic rings. The minimum atomic E-state index is -1.18. The molecule has 1 aliphatic rings. The summed E-state index contributed by atoms with van der Waals surface area (Å²) < 4.78 is -1.18. The third-order valence-corrected chi connectivity index (χ3v) is 7.49. The molecule has 0 spiro atoms. The van der Waals surface area contributed by atoms with Gasteiger partial charge in [-0.2, -0.15) is 0 Å². The van der Waals surface area contributed by atoms with Crippen LogP contribution in [0.1, 0.15) is 16.4 Å². The van der Waals surface area contributed by atoms with E-state index in [1.165, 1.54) is 23.5 Å². The normalized spacial score (nSPS) is 23.6. The third-order valence-electron chi connectivity index (χ3n) is 3.82. The van der Waals surface area contributed by atoms with Crippen molar-refractivity contribution in [3.05, 3.63) is 71.8 Å². The lowest BCUT2D eigenvalue weighted by atomic mass is 10.1. The van der Waals surface area contributed by atoms with Gasteiger partial charge in [-0.05, 0) is 11.1 Å². The zero-order chi connectivity index (χ0) is 16.3. The number of amides is 1. The number of ketones is 1. The molecule has 0 aliphatic carbocycles. The number of benzene rings is 2. The summed E-state index contributed by atoms with van der Waals surface area (Å²) in [5.41, 5.74) is 7.66. The van der Waals surface area contributed by atoms with E-state index in [1.54, 1.807) is 0 Å². The van der Waals surface area contributed by atoms with E-state index < -0.39 is 9.99 Å². The van der Waals surface area contributed by atoms with Gasteiger partial charge in [-0.25, -0.2) is 0 Å². The second-order valence-corrected chi connectivity index (χ2v) is 8.30. The van der Waals surface area contributed by atoms with E-state index in [0.29, 0.717) is 5.75 Å². The molecule has 2 atom stereocenters. The average molecular weight is 343 g/mol. The van der Waals surface area contributed by atoms with Gasteiger partial charge in [-0.3, -0.25) is 9.59 Å². The number of carbonyl (C=O) groups is 2. The zero-order valence-corrected chi connectivity index (χ0v) is 14.1. The van der Waals surface area contributed by atoms with E-state index >= 15 is 0 Å². The summed E-state index contributed by atoms with van der Waals surface area (Å²) in [4.78, 5) is 24.9. The van der Waals surface area contributed by atoms with Crippen molar-refractivity contribution in [1.82, 2.24) is 0 Å². The molecule has 5 heteroatoms. The number of hydrogen-bond donors (Lipinski definition) is 1. The number of rotatable bonds is 5. The van der Waals surface area contributed by atoms with Crippen molar-refractivity contribution >= 4 is 35.2 Å². The molecule has 2 aromatic carbocycles. The van der Waals surface area contributed by atoms with E-state index in [1.807, 2.05) is 60.7 Å². The molecule has 1 fully saturated rings. The Morgan fingerprint density at radius 3 is 2.26 bits per heavy atom. The molecule has 0 aromatic heterocycles. The highest BCUT2D eigenvalue weighted by molar-refractivity contribution is 8.23. The first kappa shape index (κ1) is 16.1. The molecule has 0 bridgehead atoms. The van der Waals surface area contributed by atoms with Crippen LogP contribution in [0.2, 0.25) is 0 Å². The molecule has 1 saturated heterocycles. The minimum Gasteiger partial charge on any atom is -0.367 e. The number of Topliss-reactive ketones (excluding diaryl/α,β-unsaturated/α-hetero) is 1. The number of nitrogens with two attached hydrogens (primary N) is 1. The fraction of sp³-hybridized carbons (Fsp3) is 0.222. The lowest BCUT2D eigenvalue weighted by Crippen LogP contribution is -2.44. The Morgan fingerprint density at radius 1 is 1.04 bits per heavy atom. The second-order valence-electron chi connectivity index (χ2n) is 5.39. The topological polar surface area (TPSA) is 60.2 Å². The van der Waals surface area contributed by atoms with Crippen LogP contribution in [-0.2, 0) is 16.0 Å². The van der Waals surface area contributed by atoms with Gasteiger partial charge in [0.2, 0.25) is 0 Å². The van der Waals surface area contributed by atoms with Crippen molar-refractivity contribution in [3.63, 3.8) is 0 Å². The molecule has 23 heavy (non-hydrogen) atoms. The molecule has 3 rings (SSSR count). The smallest absolute Gasteiger partial charge is 0.251 e. The largest absolute Gasteiger partial charge is 0.367 e. The van der Waals surface area contributed by atoms with Crippen molar-refractivity contribution in [2.75, 3.05) is 5.75 Å². The SMILES string of the molecule is NC(=O)[C@@]1(C(=O)Cc2ccccc2)SCC(c2ccccc2)S1. The summed E-state index contributed by atoms with van der Waals surface area (Å²) in [6.45, 7) is 0. The van der Waals surface area contributed by atoms with Crippen molar-refractivity contribution in [2.45, 2.75) is 15.7 Å². The van der Waals surface area contributed by atoms with Crippen LogP contribution < -0.4 is 5.73 Å². The Hall–Kier alpha value is -1.72. The van der Waals surface area contributed by atoms with Gasteiger partial charge in [0.15, 0.2) is 9.86 Å². The van der Waals surface area contributed by atoms with Gasteiger partial charge in [0.1, 0.15) is 0 Å². The summed E-state index contributed by atoms with van der Waals surface area (Å²) >= 11 is 2.75. The summed E-state index contributed by atoms with van der Waals surface area (Å²) in [5, 5.41) is 0.105. The molecular formula is C18H17NO2S2. The van der Waals surface area contributed by atoms with Crippen LogP contribution in [0, 0.1) is 0 Å². The highest BCUT2D eigenvalue weighted by Gasteiger charge is 2.51. The molecule has 1 unspecified atom stereocenters. The van der Waals surface area contributed by atoms with Gasteiger partial charge in [-0.15, -0.1) is 23.5 Å². The Labute approximate surface area is 144 Å². The highest BCUT2D eigenvalue weighted by Crippen LogP contribution is 2.55. The predicted molar refractivity (Wildman–Crippen MR) is 96.3 cm³/mol. The monoisotopic (exact) mass is 343 g/mol. The predicted octanol–water partition coefficient (Wildman–Crippen LogP) is 3.20. The Kier molecular flexibility index (Phi) is 4.78. The molecule has 118 valence electrons. The molecule has 0 radical (unpaired) electrons. The van der Waals surface area contributed by atoms with Gasteiger partial charge < -0.3 is 5.73 Å². The fourth-order valence-corrected chi connectivity index (χ4v) is 5.87. The van der Waals surface area contributed by atoms with Crippen LogP contribution in [0.4, 0.5) is 0 Å². The Morgan fingerprint density at radius 2 is 1.65 bits per heavy atom. The quantitative estimate of drug-likeness (QED) is 0.847. The summed E-state index contributed by atoms with van der Waals surface area (Å²) in [6.07, 6.45) is 0.227. The first-order valence-electron chi connectivity index (χ1n) is 7.35.